The van der Waals surface area contributed by atoms with Gasteiger partial charge in [0.1, 0.15) is 11.3 Å². The smallest absolute Gasteiger partial charge is 0.346 e. The van der Waals surface area contributed by atoms with Crippen molar-refractivity contribution in [3.05, 3.63) is 65.2 Å². The van der Waals surface area contributed by atoms with Crippen molar-refractivity contribution >= 4 is 18.2 Å². The lowest BCUT2D eigenvalue weighted by Crippen LogP contribution is -2.40. The quantitative estimate of drug-likeness (QED) is 0.650. The van der Waals surface area contributed by atoms with E-state index in [4.69, 9.17) is 4.74 Å². The Hall–Kier alpha value is -3.15. The van der Waals surface area contributed by atoms with Gasteiger partial charge in [-0.05, 0) is 41.7 Å². The molecule has 140 valence electrons. The van der Waals surface area contributed by atoms with Gasteiger partial charge in [0.05, 0.1) is 13.3 Å². The fourth-order valence-electron chi connectivity index (χ4n) is 2.94. The Kier molecular flexibility index (Phi) is 4.99. The second kappa shape index (κ2) is 7.23. The summed E-state index contributed by atoms with van der Waals surface area (Å²) in [7, 11) is 1.57. The monoisotopic (exact) mass is 365 g/mol. The van der Waals surface area contributed by atoms with Gasteiger partial charge in [0.15, 0.2) is 0 Å². The van der Waals surface area contributed by atoms with Gasteiger partial charge in [-0.25, -0.2) is 4.79 Å². The molecule has 1 aliphatic heterocycles. The minimum Gasteiger partial charge on any atom is -0.497 e. The number of carbonyl (C=O) groups excluding carboxylic acids is 2. The average molecular weight is 365 g/mol. The molecule has 0 aromatic heterocycles. The molecule has 2 aromatic rings. The molecule has 0 bridgehead atoms. The first kappa shape index (κ1) is 18.6. The molecule has 0 unspecified atom stereocenters. The Morgan fingerprint density at radius 2 is 1.70 bits per heavy atom. The molecule has 27 heavy (non-hydrogen) atoms. The van der Waals surface area contributed by atoms with Gasteiger partial charge in [-0.1, -0.05) is 50.2 Å². The highest BCUT2D eigenvalue weighted by molar-refractivity contribution is 6.07. The number of nitrogens with one attached hydrogen (secondary N) is 1. The number of hydrogen-bond donors (Lipinski definition) is 1. The summed E-state index contributed by atoms with van der Waals surface area (Å²) in [5, 5.41) is 7.71. The van der Waals surface area contributed by atoms with Gasteiger partial charge in [0, 0.05) is 0 Å². The van der Waals surface area contributed by atoms with Crippen LogP contribution < -0.4 is 10.1 Å². The maximum Gasteiger partial charge on any atom is 0.346 e. The van der Waals surface area contributed by atoms with Gasteiger partial charge in [-0.2, -0.15) is 5.10 Å². The Morgan fingerprint density at radius 1 is 1.07 bits per heavy atom. The summed E-state index contributed by atoms with van der Waals surface area (Å²) in [5.74, 6) is 0.693. The van der Waals surface area contributed by atoms with Crippen LogP contribution in [0.15, 0.2) is 53.6 Å². The van der Waals surface area contributed by atoms with E-state index in [-0.39, 0.29) is 0 Å². The molecule has 3 rings (SSSR count). The predicted molar refractivity (Wildman–Crippen MR) is 104 cm³/mol. The highest BCUT2D eigenvalue weighted by atomic mass is 16.5. The first-order chi connectivity index (χ1) is 12.8. The molecular weight excluding hydrogens is 342 g/mol. The van der Waals surface area contributed by atoms with Crippen molar-refractivity contribution in [1.29, 1.82) is 0 Å². The van der Waals surface area contributed by atoms with Crippen LogP contribution in [-0.4, -0.2) is 30.3 Å². The maximum absolute atomic E-state index is 12.9. The zero-order valence-corrected chi connectivity index (χ0v) is 15.9. The van der Waals surface area contributed by atoms with E-state index < -0.39 is 17.5 Å². The Bertz CT molecular complexity index is 873. The van der Waals surface area contributed by atoms with E-state index in [1.165, 1.54) is 11.8 Å². The van der Waals surface area contributed by atoms with Crippen LogP contribution in [0, 0.1) is 0 Å². The molecule has 2 aromatic carbocycles. The van der Waals surface area contributed by atoms with E-state index in [1.807, 2.05) is 24.3 Å². The molecule has 1 saturated heterocycles. The molecule has 1 heterocycles. The summed E-state index contributed by atoms with van der Waals surface area (Å²) < 4.78 is 5.14. The molecule has 0 aliphatic carbocycles. The van der Waals surface area contributed by atoms with Crippen LogP contribution >= 0.6 is 0 Å². The van der Waals surface area contributed by atoms with Gasteiger partial charge < -0.3 is 10.1 Å². The number of amides is 3. The molecule has 1 N–H and O–H groups in total. The molecule has 6 heteroatoms. The summed E-state index contributed by atoms with van der Waals surface area (Å²) in [4.78, 5) is 25.2. The number of carbonyl (C=O) groups is 2. The van der Waals surface area contributed by atoms with Crippen LogP contribution in [0.1, 0.15) is 43.4 Å². The minimum absolute atomic E-state index is 0.423. The van der Waals surface area contributed by atoms with Crippen molar-refractivity contribution in [3.63, 3.8) is 0 Å². The van der Waals surface area contributed by atoms with Crippen LogP contribution in [0.4, 0.5) is 4.79 Å². The number of urea groups is 1. The van der Waals surface area contributed by atoms with Crippen molar-refractivity contribution in [2.75, 3.05) is 7.11 Å². The van der Waals surface area contributed by atoms with Gasteiger partial charge in [0.2, 0.25) is 0 Å². The SMILES string of the molecule is COc1ccc([C@@]2(C)NC(=O)N(/N=C\c3ccc(C(C)C)cc3)C2=O)cc1. The number of hydrogen-bond acceptors (Lipinski definition) is 4. The lowest BCUT2D eigenvalue weighted by molar-refractivity contribution is -0.131. The van der Waals surface area contributed by atoms with Gasteiger partial charge in [-0.3, -0.25) is 4.79 Å². The van der Waals surface area contributed by atoms with Crippen molar-refractivity contribution in [3.8, 4) is 5.75 Å². The number of ether oxygens (including phenoxy) is 1. The van der Waals surface area contributed by atoms with Crippen molar-refractivity contribution < 1.29 is 14.3 Å². The topological polar surface area (TPSA) is 71.0 Å². The average Bonchev–Trinajstić information content (AvgIpc) is 2.90. The molecule has 1 fully saturated rings. The minimum atomic E-state index is -1.16. The van der Waals surface area contributed by atoms with Crippen LogP contribution in [0.25, 0.3) is 0 Å². The normalized spacial score (nSPS) is 19.8. The number of nitrogens with zero attached hydrogens (tertiary/aromatic N) is 2. The fourth-order valence-corrected chi connectivity index (χ4v) is 2.94. The summed E-state index contributed by atoms with van der Waals surface area (Å²) >= 11 is 0. The standard InChI is InChI=1S/C21H23N3O3/c1-14(2)16-7-5-15(6-8-16)13-22-24-19(25)21(3,23-20(24)26)17-9-11-18(27-4)12-10-17/h5-14H,1-4H3,(H,23,26)/b22-13-/t21-/m1/s1. The first-order valence-electron chi connectivity index (χ1n) is 8.80. The maximum atomic E-state index is 12.9. The molecule has 0 spiro atoms. The van der Waals surface area contributed by atoms with E-state index in [0.29, 0.717) is 17.2 Å². The number of methoxy groups -OCH3 is 1. The lowest BCUT2D eigenvalue weighted by Gasteiger charge is -2.21. The van der Waals surface area contributed by atoms with Crippen LogP contribution in [0.5, 0.6) is 5.75 Å². The summed E-state index contributed by atoms with van der Waals surface area (Å²) in [5.41, 5.74) is 1.54. The second-order valence-corrected chi connectivity index (χ2v) is 6.97. The molecule has 1 aliphatic rings. The van der Waals surface area contributed by atoms with Crippen molar-refractivity contribution in [2.24, 2.45) is 5.10 Å². The fraction of sp³-hybridized carbons (Fsp3) is 0.286. The van der Waals surface area contributed by atoms with E-state index in [0.717, 1.165) is 10.6 Å². The van der Waals surface area contributed by atoms with Gasteiger partial charge in [0.25, 0.3) is 5.91 Å². The van der Waals surface area contributed by atoms with Gasteiger partial charge in [-0.15, -0.1) is 5.01 Å². The highest BCUT2D eigenvalue weighted by Gasteiger charge is 2.49. The number of benzene rings is 2. The van der Waals surface area contributed by atoms with Gasteiger partial charge >= 0.3 is 6.03 Å². The van der Waals surface area contributed by atoms with E-state index in [1.54, 1.807) is 38.3 Å². The number of hydrazone groups is 1. The van der Waals surface area contributed by atoms with E-state index in [9.17, 15) is 9.59 Å². The van der Waals surface area contributed by atoms with Crippen LogP contribution in [-0.2, 0) is 10.3 Å². The highest BCUT2D eigenvalue weighted by Crippen LogP contribution is 2.30. The van der Waals surface area contributed by atoms with Crippen LogP contribution in [0.2, 0.25) is 0 Å². The van der Waals surface area contributed by atoms with Crippen molar-refractivity contribution in [1.82, 2.24) is 10.3 Å². The second-order valence-electron chi connectivity index (χ2n) is 6.97. The molecule has 1 atom stereocenters. The third-order valence-corrected chi connectivity index (χ3v) is 4.76. The molecule has 6 nitrogen and oxygen atoms in total. The molecule has 0 radical (unpaired) electrons. The third kappa shape index (κ3) is 3.56. The Labute approximate surface area is 158 Å². The van der Waals surface area contributed by atoms with Crippen LogP contribution in [0.3, 0.4) is 0 Å². The molecule has 3 amide bonds. The first-order valence-corrected chi connectivity index (χ1v) is 8.80. The molecule has 0 saturated carbocycles. The Morgan fingerprint density at radius 3 is 2.26 bits per heavy atom. The van der Waals surface area contributed by atoms with Crippen molar-refractivity contribution in [2.45, 2.75) is 32.2 Å². The zero-order chi connectivity index (χ0) is 19.6. The van der Waals surface area contributed by atoms with E-state index in [2.05, 4.69) is 24.3 Å². The summed E-state index contributed by atoms with van der Waals surface area (Å²) in [6, 6.07) is 14.3. The summed E-state index contributed by atoms with van der Waals surface area (Å²) in [6.07, 6.45) is 1.52. The largest absolute Gasteiger partial charge is 0.497 e. The molecular formula is C21H23N3O3. The predicted octanol–water partition coefficient (Wildman–Crippen LogP) is 3.62. The summed E-state index contributed by atoms with van der Waals surface area (Å²) in [6.45, 7) is 5.91. The number of imide groups is 1. The number of rotatable bonds is 5. The zero-order valence-electron chi connectivity index (χ0n) is 15.9. The van der Waals surface area contributed by atoms with E-state index >= 15 is 0 Å². The Balaban J connectivity index is 1.80. The third-order valence-electron chi connectivity index (χ3n) is 4.76. The lowest BCUT2D eigenvalue weighted by atomic mass is 9.92.